The predicted octanol–water partition coefficient (Wildman–Crippen LogP) is 5.32. The van der Waals surface area contributed by atoms with Crippen LogP contribution in [0.3, 0.4) is 0 Å². The van der Waals surface area contributed by atoms with Gasteiger partial charge in [0.05, 0.1) is 10.3 Å². The zero-order valence-electron chi connectivity index (χ0n) is 23.2. The second-order valence-corrected chi connectivity index (χ2v) is 13.9. The van der Waals surface area contributed by atoms with Crippen LogP contribution in [-0.2, 0) is 29.4 Å². The second kappa shape index (κ2) is 10.8. The van der Waals surface area contributed by atoms with Gasteiger partial charge in [-0.05, 0) is 47.0 Å². The maximum absolute atomic E-state index is 13.6. The van der Waals surface area contributed by atoms with E-state index in [1.807, 2.05) is 48.5 Å². The van der Waals surface area contributed by atoms with Crippen molar-refractivity contribution in [2.75, 3.05) is 44.2 Å². The van der Waals surface area contributed by atoms with Gasteiger partial charge < -0.3 is 4.90 Å². The Bertz CT molecular complexity index is 1830. The number of benzene rings is 3. The Hall–Kier alpha value is -3.37. The van der Waals surface area contributed by atoms with E-state index in [9.17, 15) is 8.42 Å². The number of aromatic nitrogens is 2. The van der Waals surface area contributed by atoms with Crippen LogP contribution in [-0.4, -0.2) is 66.9 Å². The van der Waals surface area contributed by atoms with Gasteiger partial charge in [0.2, 0.25) is 10.0 Å². The maximum atomic E-state index is 13.6. The minimum Gasteiger partial charge on any atom is -0.353 e. The molecule has 2 aliphatic heterocycles. The van der Waals surface area contributed by atoms with Crippen molar-refractivity contribution in [2.45, 2.75) is 31.2 Å². The average Bonchev–Trinajstić information content (AvgIpc) is 3.38. The van der Waals surface area contributed by atoms with Gasteiger partial charge in [0, 0.05) is 50.6 Å². The van der Waals surface area contributed by atoms with E-state index >= 15 is 0 Å². The number of fused-ring (bicyclic) bond motifs is 4. The molecule has 4 heterocycles. The number of nitrogens with zero attached hydrogens (tertiary/aromatic N) is 5. The van der Waals surface area contributed by atoms with E-state index in [4.69, 9.17) is 9.97 Å². The first-order valence-corrected chi connectivity index (χ1v) is 16.6. The number of anilines is 1. The van der Waals surface area contributed by atoms with Gasteiger partial charge in [0.15, 0.2) is 0 Å². The molecule has 9 heteroatoms. The molecule has 2 aromatic heterocycles. The number of hydrogen-bond donors (Lipinski definition) is 0. The summed E-state index contributed by atoms with van der Waals surface area (Å²) in [6.07, 6.45) is 1.66. The number of piperazine rings is 1. The van der Waals surface area contributed by atoms with Crippen LogP contribution >= 0.6 is 11.3 Å². The molecular formula is C32H33N5O2S2. The lowest BCUT2D eigenvalue weighted by Gasteiger charge is -2.35. The maximum Gasteiger partial charge on any atom is 0.243 e. The molecule has 7 nitrogen and oxygen atoms in total. The van der Waals surface area contributed by atoms with Crippen molar-refractivity contribution in [3.63, 3.8) is 0 Å². The lowest BCUT2D eigenvalue weighted by molar-refractivity contribution is 0.272. The summed E-state index contributed by atoms with van der Waals surface area (Å²) in [4.78, 5) is 17.8. The molecule has 1 saturated heterocycles. The molecule has 2 aliphatic rings. The van der Waals surface area contributed by atoms with Crippen molar-refractivity contribution in [3.05, 3.63) is 94.6 Å². The van der Waals surface area contributed by atoms with E-state index in [-0.39, 0.29) is 0 Å². The lowest BCUT2D eigenvalue weighted by atomic mass is 10.0. The fraction of sp³-hybridized carbons (Fsp3) is 0.312. The predicted molar refractivity (Wildman–Crippen MR) is 166 cm³/mol. The van der Waals surface area contributed by atoms with E-state index in [0.717, 1.165) is 53.3 Å². The summed E-state index contributed by atoms with van der Waals surface area (Å²) in [7, 11) is -3.59. The summed E-state index contributed by atoms with van der Waals surface area (Å²) < 4.78 is 28.9. The zero-order valence-corrected chi connectivity index (χ0v) is 24.8. The molecule has 0 aliphatic carbocycles. The van der Waals surface area contributed by atoms with Crippen molar-refractivity contribution in [3.8, 4) is 0 Å². The summed E-state index contributed by atoms with van der Waals surface area (Å²) in [5.41, 5.74) is 2.56. The number of rotatable bonds is 6. The van der Waals surface area contributed by atoms with Gasteiger partial charge in [-0.15, -0.1) is 11.3 Å². The van der Waals surface area contributed by atoms with Gasteiger partial charge in [-0.25, -0.2) is 18.4 Å². The molecule has 3 aromatic carbocycles. The third kappa shape index (κ3) is 5.01. The molecule has 0 spiro atoms. The van der Waals surface area contributed by atoms with E-state index in [0.29, 0.717) is 37.5 Å². The standard InChI is InChI=1S/C32H33N5O2S2/c1-2-35-15-14-27-28(22-35)40-32-30(27)31(33-29(34-32)20-23-8-4-3-5-9-23)36-16-18-37(19-17-36)41(38,39)26-13-12-24-10-6-7-11-25(24)21-26/h3-13,21H,2,14-20,22H2,1H3. The number of likely N-dealkylation sites (N-methyl/N-ethyl adjacent to an activating group) is 1. The summed E-state index contributed by atoms with van der Waals surface area (Å²) in [5, 5.41) is 3.14. The molecule has 0 saturated carbocycles. The lowest BCUT2D eigenvalue weighted by Crippen LogP contribution is -2.49. The highest BCUT2D eigenvalue weighted by Crippen LogP contribution is 2.39. The SMILES string of the molecule is CCN1CCc2c(sc3nc(Cc4ccccc4)nc(N4CCN(S(=O)(=O)c5ccc6ccccc6c5)CC4)c23)C1. The smallest absolute Gasteiger partial charge is 0.243 e. The molecule has 210 valence electrons. The quantitative estimate of drug-likeness (QED) is 0.269. The van der Waals surface area contributed by atoms with Crippen LogP contribution < -0.4 is 4.90 Å². The molecular weight excluding hydrogens is 551 g/mol. The van der Waals surface area contributed by atoms with Crippen LogP contribution in [0.2, 0.25) is 0 Å². The fourth-order valence-electron chi connectivity index (χ4n) is 6.05. The van der Waals surface area contributed by atoms with Crippen molar-refractivity contribution in [2.24, 2.45) is 0 Å². The van der Waals surface area contributed by atoms with Gasteiger partial charge in [0.25, 0.3) is 0 Å². The minimum absolute atomic E-state index is 0.353. The summed E-state index contributed by atoms with van der Waals surface area (Å²) in [6, 6.07) is 23.6. The Balaban J connectivity index is 1.20. The Morgan fingerprint density at radius 3 is 2.39 bits per heavy atom. The van der Waals surface area contributed by atoms with Crippen LogP contribution in [0.5, 0.6) is 0 Å². The zero-order chi connectivity index (χ0) is 28.0. The van der Waals surface area contributed by atoms with Crippen LogP contribution in [0.4, 0.5) is 5.82 Å². The third-order valence-corrected chi connectivity index (χ3v) is 11.4. The third-order valence-electron chi connectivity index (χ3n) is 8.36. The van der Waals surface area contributed by atoms with Gasteiger partial charge >= 0.3 is 0 Å². The first-order valence-electron chi connectivity index (χ1n) is 14.3. The molecule has 0 N–H and O–H groups in total. The molecule has 41 heavy (non-hydrogen) atoms. The molecule has 0 atom stereocenters. The highest BCUT2D eigenvalue weighted by Gasteiger charge is 2.32. The van der Waals surface area contributed by atoms with Crippen LogP contribution in [0.25, 0.3) is 21.0 Å². The molecule has 0 radical (unpaired) electrons. The van der Waals surface area contributed by atoms with Gasteiger partial charge in [0.1, 0.15) is 16.5 Å². The molecule has 0 bridgehead atoms. The highest BCUT2D eigenvalue weighted by atomic mass is 32.2. The molecule has 7 rings (SSSR count). The molecule has 5 aromatic rings. The molecule has 0 amide bonds. The Labute approximate surface area is 245 Å². The minimum atomic E-state index is -3.59. The number of thiophene rings is 1. The van der Waals surface area contributed by atoms with E-state index in [1.165, 1.54) is 21.4 Å². The normalized spacial score (nSPS) is 16.9. The topological polar surface area (TPSA) is 69.6 Å². The van der Waals surface area contributed by atoms with Crippen LogP contribution in [0, 0.1) is 0 Å². The number of hydrogen-bond acceptors (Lipinski definition) is 7. The second-order valence-electron chi connectivity index (χ2n) is 10.8. The van der Waals surface area contributed by atoms with E-state index in [1.54, 1.807) is 27.8 Å². The Morgan fingerprint density at radius 1 is 0.854 bits per heavy atom. The van der Waals surface area contributed by atoms with Crippen LogP contribution in [0.15, 0.2) is 77.7 Å². The van der Waals surface area contributed by atoms with Gasteiger partial charge in [-0.1, -0.05) is 67.6 Å². The summed E-state index contributed by atoms with van der Waals surface area (Å²) >= 11 is 1.80. The van der Waals surface area contributed by atoms with Crippen molar-refractivity contribution in [1.29, 1.82) is 0 Å². The molecule has 1 fully saturated rings. The Kier molecular flexibility index (Phi) is 6.98. The van der Waals surface area contributed by atoms with Gasteiger partial charge in [-0.3, -0.25) is 4.90 Å². The Morgan fingerprint density at radius 2 is 1.61 bits per heavy atom. The van der Waals surface area contributed by atoms with E-state index in [2.05, 4.69) is 28.9 Å². The average molecular weight is 584 g/mol. The fourth-order valence-corrected chi connectivity index (χ4v) is 8.78. The van der Waals surface area contributed by atoms with Crippen molar-refractivity contribution in [1.82, 2.24) is 19.2 Å². The largest absolute Gasteiger partial charge is 0.353 e. The molecule has 0 unspecified atom stereocenters. The van der Waals surface area contributed by atoms with Gasteiger partial charge in [-0.2, -0.15) is 4.31 Å². The first-order chi connectivity index (χ1) is 20.0. The summed E-state index contributed by atoms with van der Waals surface area (Å²) in [5.74, 6) is 1.78. The number of sulfonamides is 1. The van der Waals surface area contributed by atoms with Crippen molar-refractivity contribution >= 4 is 48.2 Å². The van der Waals surface area contributed by atoms with E-state index < -0.39 is 10.0 Å². The first kappa shape index (κ1) is 26.5. The highest BCUT2D eigenvalue weighted by molar-refractivity contribution is 7.89. The summed E-state index contributed by atoms with van der Waals surface area (Å²) in [6.45, 7) is 7.28. The monoisotopic (exact) mass is 583 g/mol. The van der Waals surface area contributed by atoms with Crippen molar-refractivity contribution < 1.29 is 8.42 Å². The van der Waals surface area contributed by atoms with Crippen LogP contribution in [0.1, 0.15) is 28.8 Å².